The molecule has 1 atom stereocenters. The second-order valence-electron chi connectivity index (χ2n) is 5.65. The maximum Gasteiger partial charge on any atom is 0.257 e. The van der Waals surface area contributed by atoms with E-state index in [9.17, 15) is 23.2 Å². The number of benzene rings is 1. The van der Waals surface area contributed by atoms with Crippen LogP contribution >= 0.6 is 11.8 Å². The minimum Gasteiger partial charge on any atom is -0.323 e. The number of halogens is 2. The van der Waals surface area contributed by atoms with E-state index in [1.54, 1.807) is 6.08 Å². The highest BCUT2D eigenvalue weighted by Gasteiger charge is 2.35. The van der Waals surface area contributed by atoms with Crippen LogP contribution in [-0.2, 0) is 9.59 Å². The van der Waals surface area contributed by atoms with Gasteiger partial charge in [0.15, 0.2) is 5.16 Å². The lowest BCUT2D eigenvalue weighted by Crippen LogP contribution is -2.36. The van der Waals surface area contributed by atoms with E-state index in [2.05, 4.69) is 27.2 Å². The van der Waals surface area contributed by atoms with E-state index in [1.807, 2.05) is 0 Å². The molecule has 3 rings (SSSR count). The second-order valence-corrected chi connectivity index (χ2v) is 6.66. The molecule has 3 N–H and O–H groups in total. The van der Waals surface area contributed by atoms with Crippen molar-refractivity contribution in [2.45, 2.75) is 17.5 Å². The van der Waals surface area contributed by atoms with Gasteiger partial charge in [0.1, 0.15) is 17.5 Å². The van der Waals surface area contributed by atoms with E-state index in [0.717, 1.165) is 12.1 Å². The van der Waals surface area contributed by atoms with Gasteiger partial charge in [-0.1, -0.05) is 17.8 Å². The Morgan fingerprint density at radius 1 is 1.41 bits per heavy atom. The van der Waals surface area contributed by atoms with Crippen LogP contribution in [0.15, 0.2) is 40.8 Å². The zero-order chi connectivity index (χ0) is 19.6. The summed E-state index contributed by atoms with van der Waals surface area (Å²) in [6, 6.07) is 2.66. The molecule has 0 saturated heterocycles. The van der Waals surface area contributed by atoms with E-state index in [-0.39, 0.29) is 28.6 Å². The Bertz CT molecular complexity index is 993. The molecule has 2 heterocycles. The summed E-state index contributed by atoms with van der Waals surface area (Å²) < 4.78 is 26.8. The third-order valence-corrected chi connectivity index (χ3v) is 4.64. The highest BCUT2D eigenvalue weighted by atomic mass is 32.2. The van der Waals surface area contributed by atoms with Gasteiger partial charge in [-0.25, -0.2) is 13.8 Å². The standard InChI is InChI=1S/C17H14F2N4O3S/c1-2-5-27-17-22-14-13(16(26)23-17)9(7-12(24)21-14)15(25)20-11-4-3-8(18)6-10(11)19/h2-4,6,9H,1,5,7H2,(H,20,25)(H2,21,22,23,24,26)/t9-/m1/s1. The summed E-state index contributed by atoms with van der Waals surface area (Å²) in [5, 5.41) is 5.03. The zero-order valence-electron chi connectivity index (χ0n) is 13.8. The van der Waals surface area contributed by atoms with E-state index < -0.39 is 34.9 Å². The van der Waals surface area contributed by atoms with Gasteiger partial charge in [0.05, 0.1) is 17.2 Å². The number of H-pyrrole nitrogens is 1. The van der Waals surface area contributed by atoms with Crippen LogP contribution in [0, 0.1) is 11.6 Å². The van der Waals surface area contributed by atoms with Gasteiger partial charge in [0.2, 0.25) is 11.8 Å². The SMILES string of the molecule is C=CCSc1nc2c(c(=O)[nH]1)[C@H](C(=O)Nc1ccc(F)cc1F)CC(=O)N2. The topological polar surface area (TPSA) is 104 Å². The number of rotatable bonds is 5. The fourth-order valence-electron chi connectivity index (χ4n) is 2.59. The number of nitrogens with zero attached hydrogens (tertiary/aromatic N) is 1. The first-order valence-electron chi connectivity index (χ1n) is 7.82. The number of nitrogens with one attached hydrogen (secondary N) is 3. The maximum absolute atomic E-state index is 13.8. The maximum atomic E-state index is 13.8. The number of aromatic amines is 1. The lowest BCUT2D eigenvalue weighted by molar-refractivity contribution is -0.123. The molecular weight excluding hydrogens is 378 g/mol. The molecule has 1 aliphatic heterocycles. The Kier molecular flexibility index (Phi) is 5.36. The molecule has 7 nitrogen and oxygen atoms in total. The number of hydrogen-bond acceptors (Lipinski definition) is 5. The summed E-state index contributed by atoms with van der Waals surface area (Å²) >= 11 is 1.20. The quantitative estimate of drug-likeness (QED) is 0.412. The highest BCUT2D eigenvalue weighted by Crippen LogP contribution is 2.30. The summed E-state index contributed by atoms with van der Waals surface area (Å²) in [6.07, 6.45) is 1.32. The molecule has 2 amide bonds. The Balaban J connectivity index is 1.93. The van der Waals surface area contributed by atoms with Gasteiger partial charge in [0, 0.05) is 18.2 Å². The molecule has 10 heteroatoms. The molecule has 1 aromatic heterocycles. The first-order valence-corrected chi connectivity index (χ1v) is 8.81. The first-order chi connectivity index (χ1) is 12.9. The highest BCUT2D eigenvalue weighted by molar-refractivity contribution is 7.99. The number of fused-ring (bicyclic) bond motifs is 1. The third-order valence-electron chi connectivity index (χ3n) is 3.77. The Morgan fingerprint density at radius 3 is 2.89 bits per heavy atom. The molecule has 1 aliphatic rings. The molecule has 140 valence electrons. The van der Waals surface area contributed by atoms with Crippen molar-refractivity contribution in [3.8, 4) is 0 Å². The minimum absolute atomic E-state index is 0.0127. The van der Waals surface area contributed by atoms with Crippen molar-refractivity contribution in [1.29, 1.82) is 0 Å². The van der Waals surface area contributed by atoms with Gasteiger partial charge in [-0.3, -0.25) is 14.4 Å². The van der Waals surface area contributed by atoms with Crippen LogP contribution in [0.3, 0.4) is 0 Å². The number of aromatic nitrogens is 2. The van der Waals surface area contributed by atoms with Gasteiger partial charge in [0.25, 0.3) is 5.56 Å². The van der Waals surface area contributed by atoms with E-state index in [1.165, 1.54) is 11.8 Å². The average Bonchev–Trinajstić information content (AvgIpc) is 2.61. The zero-order valence-corrected chi connectivity index (χ0v) is 14.7. The smallest absolute Gasteiger partial charge is 0.257 e. The van der Waals surface area contributed by atoms with Gasteiger partial charge < -0.3 is 15.6 Å². The Morgan fingerprint density at radius 2 is 2.19 bits per heavy atom. The van der Waals surface area contributed by atoms with Crippen molar-refractivity contribution in [3.05, 3.63) is 58.4 Å². The van der Waals surface area contributed by atoms with Crippen LogP contribution in [0.5, 0.6) is 0 Å². The van der Waals surface area contributed by atoms with Crippen LogP contribution in [0.1, 0.15) is 17.9 Å². The van der Waals surface area contributed by atoms with Crippen molar-refractivity contribution >= 4 is 35.1 Å². The molecule has 27 heavy (non-hydrogen) atoms. The molecule has 0 radical (unpaired) electrons. The van der Waals surface area contributed by atoms with Crippen LogP contribution < -0.4 is 16.2 Å². The Labute approximate surface area is 156 Å². The van der Waals surface area contributed by atoms with Gasteiger partial charge in [-0.15, -0.1) is 6.58 Å². The molecule has 1 aromatic carbocycles. The number of anilines is 2. The number of carbonyl (C=O) groups excluding carboxylic acids is 2. The largest absolute Gasteiger partial charge is 0.323 e. The lowest BCUT2D eigenvalue weighted by atomic mass is 9.92. The van der Waals surface area contributed by atoms with Gasteiger partial charge >= 0.3 is 0 Å². The van der Waals surface area contributed by atoms with Crippen molar-refractivity contribution < 1.29 is 18.4 Å². The van der Waals surface area contributed by atoms with Crippen LogP contribution in [0.4, 0.5) is 20.3 Å². The van der Waals surface area contributed by atoms with E-state index >= 15 is 0 Å². The number of thioether (sulfide) groups is 1. The van der Waals surface area contributed by atoms with E-state index in [4.69, 9.17) is 0 Å². The van der Waals surface area contributed by atoms with E-state index in [0.29, 0.717) is 11.8 Å². The fraction of sp³-hybridized carbons (Fsp3) is 0.176. The van der Waals surface area contributed by atoms with Crippen molar-refractivity contribution in [1.82, 2.24) is 9.97 Å². The molecule has 0 fully saturated rings. The van der Waals surface area contributed by atoms with Crippen molar-refractivity contribution in [2.75, 3.05) is 16.4 Å². The predicted octanol–water partition coefficient (Wildman–Crippen LogP) is 2.39. The third kappa shape index (κ3) is 4.05. The van der Waals surface area contributed by atoms with Gasteiger partial charge in [-0.05, 0) is 12.1 Å². The summed E-state index contributed by atoms with van der Waals surface area (Å²) in [5.74, 6) is -3.71. The first kappa shape index (κ1) is 18.8. The molecule has 0 aliphatic carbocycles. The van der Waals surface area contributed by atoms with Crippen molar-refractivity contribution in [2.24, 2.45) is 0 Å². The minimum atomic E-state index is -1.16. The van der Waals surface area contributed by atoms with Crippen molar-refractivity contribution in [3.63, 3.8) is 0 Å². The molecule has 0 spiro atoms. The molecular formula is C17H14F2N4O3S. The molecule has 0 unspecified atom stereocenters. The lowest BCUT2D eigenvalue weighted by Gasteiger charge is -2.23. The number of carbonyl (C=O) groups is 2. The summed E-state index contributed by atoms with van der Waals surface area (Å²) in [7, 11) is 0. The monoisotopic (exact) mass is 392 g/mol. The van der Waals surface area contributed by atoms with Crippen LogP contribution in [0.2, 0.25) is 0 Å². The molecule has 2 aromatic rings. The second kappa shape index (κ2) is 7.70. The normalized spacial score (nSPS) is 15.6. The number of hydrogen-bond donors (Lipinski definition) is 3. The summed E-state index contributed by atoms with van der Waals surface area (Å²) in [5.41, 5.74) is -0.847. The fourth-order valence-corrected chi connectivity index (χ4v) is 3.19. The predicted molar refractivity (Wildman–Crippen MR) is 96.8 cm³/mol. The molecule has 0 saturated carbocycles. The van der Waals surface area contributed by atoms with Gasteiger partial charge in [-0.2, -0.15) is 0 Å². The summed E-state index contributed by atoms with van der Waals surface area (Å²) in [4.78, 5) is 43.7. The Hall–Kier alpha value is -3.01. The average molecular weight is 392 g/mol. The molecule has 0 bridgehead atoms. The summed E-state index contributed by atoms with van der Waals surface area (Å²) in [6.45, 7) is 3.57. The van der Waals surface area contributed by atoms with Crippen LogP contribution in [0.25, 0.3) is 0 Å². The van der Waals surface area contributed by atoms with Crippen LogP contribution in [-0.4, -0.2) is 27.5 Å². The number of amides is 2.